The lowest BCUT2D eigenvalue weighted by atomic mass is 10.1. The van der Waals surface area contributed by atoms with Gasteiger partial charge in [0.1, 0.15) is 4.90 Å². The molecule has 1 unspecified atom stereocenters. The number of hydrogen-bond acceptors (Lipinski definition) is 4. The Hall–Kier alpha value is -0.920. The normalized spacial score (nSPS) is 21.6. The second kappa shape index (κ2) is 5.16. The predicted octanol–water partition coefficient (Wildman–Crippen LogP) is 0.566. The van der Waals surface area contributed by atoms with Gasteiger partial charge >= 0.3 is 0 Å². The Morgan fingerprint density at radius 3 is 3.00 bits per heavy atom. The zero-order valence-electron chi connectivity index (χ0n) is 9.77. The Bertz CT molecular complexity index is 463. The van der Waals surface area contributed by atoms with Crippen LogP contribution < -0.4 is 4.72 Å². The van der Waals surface area contributed by atoms with Crippen molar-refractivity contribution in [2.24, 2.45) is 0 Å². The Kier molecular flexibility index (Phi) is 3.80. The molecule has 0 aromatic carbocycles. The molecule has 1 aliphatic rings. The highest BCUT2D eigenvalue weighted by molar-refractivity contribution is 7.89. The first-order chi connectivity index (χ1) is 8.09. The predicted molar refractivity (Wildman–Crippen MR) is 62.1 cm³/mol. The van der Waals surface area contributed by atoms with Crippen LogP contribution in [0.2, 0.25) is 0 Å². The molecular formula is C10H17N3O3S. The van der Waals surface area contributed by atoms with E-state index in [1.165, 1.54) is 6.20 Å². The average molecular weight is 259 g/mol. The van der Waals surface area contributed by atoms with Crippen LogP contribution in [0, 0.1) is 6.92 Å². The van der Waals surface area contributed by atoms with Gasteiger partial charge in [0.25, 0.3) is 0 Å². The van der Waals surface area contributed by atoms with Gasteiger partial charge in [-0.15, -0.1) is 0 Å². The summed E-state index contributed by atoms with van der Waals surface area (Å²) < 4.78 is 31.9. The summed E-state index contributed by atoms with van der Waals surface area (Å²) in [5.74, 6) is 0. The van der Waals surface area contributed by atoms with Gasteiger partial charge in [-0.25, -0.2) is 13.1 Å². The van der Waals surface area contributed by atoms with Crippen molar-refractivity contribution in [2.75, 3.05) is 13.2 Å². The maximum Gasteiger partial charge on any atom is 0.244 e. The smallest absolute Gasteiger partial charge is 0.244 e. The van der Waals surface area contributed by atoms with Crippen molar-refractivity contribution in [1.82, 2.24) is 14.9 Å². The van der Waals surface area contributed by atoms with Crippen molar-refractivity contribution in [2.45, 2.75) is 37.2 Å². The monoisotopic (exact) mass is 259 g/mol. The summed E-state index contributed by atoms with van der Waals surface area (Å²) in [4.78, 5) is 0.202. The first kappa shape index (κ1) is 12.5. The number of aryl methyl sites for hydroxylation is 1. The zero-order valence-corrected chi connectivity index (χ0v) is 10.6. The van der Waals surface area contributed by atoms with Gasteiger partial charge in [-0.1, -0.05) is 0 Å². The average Bonchev–Trinajstić information content (AvgIpc) is 2.75. The summed E-state index contributed by atoms with van der Waals surface area (Å²) >= 11 is 0. The standard InChI is InChI=1S/C10H17N3O3S/c1-8-10(7-11-13-8)17(14,15)12-6-9-4-2-3-5-16-9/h7,9,12H,2-6H2,1H3,(H,11,13). The first-order valence-electron chi connectivity index (χ1n) is 5.71. The van der Waals surface area contributed by atoms with Gasteiger partial charge < -0.3 is 4.74 Å². The molecular weight excluding hydrogens is 242 g/mol. The van der Waals surface area contributed by atoms with Crippen molar-refractivity contribution < 1.29 is 13.2 Å². The molecule has 6 nitrogen and oxygen atoms in total. The molecule has 0 aliphatic carbocycles. The molecule has 2 heterocycles. The van der Waals surface area contributed by atoms with Crippen LogP contribution in [0.15, 0.2) is 11.1 Å². The number of aromatic amines is 1. The number of hydrogen-bond donors (Lipinski definition) is 2. The number of aromatic nitrogens is 2. The summed E-state index contributed by atoms with van der Waals surface area (Å²) in [5, 5.41) is 6.32. The molecule has 0 spiro atoms. The van der Waals surface area contributed by atoms with E-state index in [1.54, 1.807) is 6.92 Å². The van der Waals surface area contributed by atoms with Gasteiger partial charge in [0.05, 0.1) is 18.0 Å². The van der Waals surface area contributed by atoms with Gasteiger partial charge in [0.2, 0.25) is 10.0 Å². The van der Waals surface area contributed by atoms with E-state index in [0.29, 0.717) is 12.2 Å². The molecule has 2 rings (SSSR count). The van der Waals surface area contributed by atoms with E-state index in [2.05, 4.69) is 14.9 Å². The molecule has 0 amide bonds. The fourth-order valence-electron chi connectivity index (χ4n) is 1.86. The molecule has 1 aromatic rings. The van der Waals surface area contributed by atoms with Gasteiger partial charge in [-0.05, 0) is 26.2 Å². The molecule has 0 saturated carbocycles. The fourth-order valence-corrected chi connectivity index (χ4v) is 3.06. The molecule has 0 bridgehead atoms. The molecule has 1 aromatic heterocycles. The van der Waals surface area contributed by atoms with Crippen LogP contribution in [0.25, 0.3) is 0 Å². The summed E-state index contributed by atoms with van der Waals surface area (Å²) in [7, 11) is -3.47. The van der Waals surface area contributed by atoms with E-state index in [-0.39, 0.29) is 11.0 Å². The summed E-state index contributed by atoms with van der Waals surface area (Å²) in [5.41, 5.74) is 0.544. The topological polar surface area (TPSA) is 84.1 Å². The van der Waals surface area contributed by atoms with Gasteiger partial charge in [0.15, 0.2) is 0 Å². The Morgan fingerprint density at radius 1 is 1.59 bits per heavy atom. The Labute approximate surface area is 101 Å². The molecule has 0 radical (unpaired) electrons. The van der Waals surface area contributed by atoms with Crippen LogP contribution in [0.1, 0.15) is 25.0 Å². The number of ether oxygens (including phenoxy) is 1. The molecule has 96 valence electrons. The number of nitrogens with one attached hydrogen (secondary N) is 2. The third-order valence-corrected chi connectivity index (χ3v) is 4.39. The van der Waals surface area contributed by atoms with Crippen molar-refractivity contribution in [3.05, 3.63) is 11.9 Å². The third-order valence-electron chi connectivity index (χ3n) is 2.85. The van der Waals surface area contributed by atoms with Gasteiger partial charge in [-0.3, -0.25) is 5.10 Å². The van der Waals surface area contributed by atoms with Gasteiger partial charge in [-0.2, -0.15) is 5.10 Å². The fraction of sp³-hybridized carbons (Fsp3) is 0.700. The maximum absolute atomic E-state index is 11.9. The summed E-state index contributed by atoms with van der Waals surface area (Å²) in [6.45, 7) is 2.72. The van der Waals surface area contributed by atoms with E-state index in [9.17, 15) is 8.42 Å². The Balaban J connectivity index is 1.96. The summed E-state index contributed by atoms with van der Waals surface area (Å²) in [6.07, 6.45) is 4.37. The molecule has 1 aliphatic heterocycles. The Morgan fingerprint density at radius 2 is 2.41 bits per heavy atom. The van der Waals surface area contributed by atoms with Crippen LogP contribution in [0.3, 0.4) is 0 Å². The molecule has 2 N–H and O–H groups in total. The van der Waals surface area contributed by atoms with Crippen molar-refractivity contribution in [1.29, 1.82) is 0 Å². The number of nitrogens with zero attached hydrogens (tertiary/aromatic N) is 1. The van der Waals surface area contributed by atoms with E-state index in [0.717, 1.165) is 25.9 Å². The van der Waals surface area contributed by atoms with Crippen LogP contribution in [-0.2, 0) is 14.8 Å². The SMILES string of the molecule is Cc1[nH]ncc1S(=O)(=O)NCC1CCCCO1. The number of rotatable bonds is 4. The van der Waals surface area contributed by atoms with Crippen molar-refractivity contribution in [3.8, 4) is 0 Å². The minimum Gasteiger partial charge on any atom is -0.377 e. The van der Waals surface area contributed by atoms with E-state index >= 15 is 0 Å². The lowest BCUT2D eigenvalue weighted by Crippen LogP contribution is -2.35. The lowest BCUT2D eigenvalue weighted by molar-refractivity contribution is 0.0200. The molecule has 1 saturated heterocycles. The second-order valence-corrected chi connectivity index (χ2v) is 5.94. The third kappa shape index (κ3) is 3.05. The highest BCUT2D eigenvalue weighted by Gasteiger charge is 2.21. The van der Waals surface area contributed by atoms with E-state index in [4.69, 9.17) is 4.74 Å². The molecule has 1 atom stereocenters. The van der Waals surface area contributed by atoms with E-state index < -0.39 is 10.0 Å². The first-order valence-corrected chi connectivity index (χ1v) is 7.19. The van der Waals surface area contributed by atoms with Gasteiger partial charge in [0, 0.05) is 13.2 Å². The minimum absolute atomic E-state index is 0.00858. The molecule has 7 heteroatoms. The van der Waals surface area contributed by atoms with Crippen LogP contribution in [0.5, 0.6) is 0 Å². The van der Waals surface area contributed by atoms with Crippen LogP contribution >= 0.6 is 0 Å². The zero-order chi connectivity index (χ0) is 12.3. The molecule has 1 fully saturated rings. The van der Waals surface area contributed by atoms with Crippen LogP contribution in [-0.4, -0.2) is 37.9 Å². The highest BCUT2D eigenvalue weighted by atomic mass is 32.2. The maximum atomic E-state index is 11.9. The molecule has 17 heavy (non-hydrogen) atoms. The largest absolute Gasteiger partial charge is 0.377 e. The highest BCUT2D eigenvalue weighted by Crippen LogP contribution is 2.14. The van der Waals surface area contributed by atoms with Crippen molar-refractivity contribution in [3.63, 3.8) is 0 Å². The quantitative estimate of drug-likeness (QED) is 0.827. The number of H-pyrrole nitrogens is 1. The minimum atomic E-state index is -3.47. The van der Waals surface area contributed by atoms with Crippen molar-refractivity contribution >= 4 is 10.0 Å². The number of sulfonamides is 1. The van der Waals surface area contributed by atoms with Crippen LogP contribution in [0.4, 0.5) is 0 Å². The lowest BCUT2D eigenvalue weighted by Gasteiger charge is -2.22. The van der Waals surface area contributed by atoms with E-state index in [1.807, 2.05) is 0 Å². The summed E-state index contributed by atoms with van der Waals surface area (Å²) in [6, 6.07) is 0. The second-order valence-electron chi connectivity index (χ2n) is 4.20.